The number of nitrogens with zero attached hydrogens (tertiary/aromatic N) is 3. The molecule has 0 amide bonds. The zero-order chi connectivity index (χ0) is 21.5. The summed E-state index contributed by atoms with van der Waals surface area (Å²) in [5.41, 5.74) is 7.26. The maximum Gasteiger partial charge on any atom is 0.138 e. The second-order valence-corrected chi connectivity index (χ2v) is 8.57. The number of piperidine rings is 1. The summed E-state index contributed by atoms with van der Waals surface area (Å²) in [6.07, 6.45) is 8.09. The van der Waals surface area contributed by atoms with Gasteiger partial charge in [-0.2, -0.15) is 0 Å². The zero-order valence-electron chi connectivity index (χ0n) is 17.7. The van der Waals surface area contributed by atoms with E-state index in [1.54, 1.807) is 12.1 Å². The summed E-state index contributed by atoms with van der Waals surface area (Å²) in [6.45, 7) is 2.72. The number of aromatic amines is 1. The standard InChI is InChI=1S/C26H24FN5/c27-20-3-1-2-17(12-20)16-32-11-7-23-25(32)13-19(15-30-23)21-6-10-29-26-22(21)14-24(31-26)18-4-8-28-9-5-18/h1-3,6-7,10-15,18,28H,4-5,8-9,16H2,(H,29,31). The molecule has 0 atom stereocenters. The van der Waals surface area contributed by atoms with Crippen LogP contribution in [0.1, 0.15) is 30.0 Å². The third-order valence-corrected chi connectivity index (χ3v) is 6.50. The largest absolute Gasteiger partial charge is 0.343 e. The number of rotatable bonds is 4. The molecular weight excluding hydrogens is 401 g/mol. The average molecular weight is 426 g/mol. The number of hydrogen-bond acceptors (Lipinski definition) is 3. The van der Waals surface area contributed by atoms with Crippen LogP contribution < -0.4 is 5.32 Å². The molecule has 1 aliphatic heterocycles. The third-order valence-electron chi connectivity index (χ3n) is 6.50. The van der Waals surface area contributed by atoms with E-state index in [2.05, 4.69) is 38.1 Å². The molecule has 0 saturated carbocycles. The van der Waals surface area contributed by atoms with Crippen LogP contribution in [0.25, 0.3) is 33.2 Å². The second kappa shape index (κ2) is 7.88. The molecular formula is C26H24FN5. The Morgan fingerprint density at radius 1 is 1.03 bits per heavy atom. The van der Waals surface area contributed by atoms with E-state index >= 15 is 0 Å². The van der Waals surface area contributed by atoms with Gasteiger partial charge in [0.25, 0.3) is 0 Å². The summed E-state index contributed by atoms with van der Waals surface area (Å²) in [6, 6.07) is 15.3. The summed E-state index contributed by atoms with van der Waals surface area (Å²) in [7, 11) is 0. The lowest BCUT2D eigenvalue weighted by atomic mass is 9.94. The van der Waals surface area contributed by atoms with Gasteiger partial charge in [0.1, 0.15) is 11.5 Å². The topological polar surface area (TPSA) is 58.5 Å². The lowest BCUT2D eigenvalue weighted by Gasteiger charge is -2.21. The highest BCUT2D eigenvalue weighted by Gasteiger charge is 2.19. The van der Waals surface area contributed by atoms with Gasteiger partial charge in [-0.05, 0) is 73.5 Å². The first-order chi connectivity index (χ1) is 15.7. The molecule has 0 radical (unpaired) electrons. The van der Waals surface area contributed by atoms with Crippen molar-refractivity contribution in [3.05, 3.63) is 84.2 Å². The van der Waals surface area contributed by atoms with Gasteiger partial charge in [0.2, 0.25) is 0 Å². The van der Waals surface area contributed by atoms with E-state index in [1.165, 1.54) is 11.8 Å². The van der Waals surface area contributed by atoms with Gasteiger partial charge in [0.15, 0.2) is 0 Å². The average Bonchev–Trinajstić information content (AvgIpc) is 3.44. The van der Waals surface area contributed by atoms with Crippen molar-refractivity contribution in [2.45, 2.75) is 25.3 Å². The van der Waals surface area contributed by atoms with Crippen LogP contribution in [-0.2, 0) is 6.54 Å². The number of fused-ring (bicyclic) bond motifs is 2. The number of aromatic nitrogens is 4. The van der Waals surface area contributed by atoms with Gasteiger partial charge in [0, 0.05) is 47.7 Å². The highest BCUT2D eigenvalue weighted by atomic mass is 19.1. The van der Waals surface area contributed by atoms with Gasteiger partial charge in [-0.15, -0.1) is 0 Å². The Labute approximate surface area is 185 Å². The smallest absolute Gasteiger partial charge is 0.138 e. The van der Waals surface area contributed by atoms with Crippen molar-refractivity contribution >= 4 is 22.1 Å². The minimum absolute atomic E-state index is 0.214. The van der Waals surface area contributed by atoms with Crippen LogP contribution >= 0.6 is 0 Å². The van der Waals surface area contributed by atoms with Crippen molar-refractivity contribution in [1.29, 1.82) is 0 Å². The van der Waals surface area contributed by atoms with Gasteiger partial charge in [-0.25, -0.2) is 9.37 Å². The molecule has 1 saturated heterocycles. The number of H-pyrrole nitrogens is 1. The molecule has 1 aromatic carbocycles. The molecule has 32 heavy (non-hydrogen) atoms. The van der Waals surface area contributed by atoms with Gasteiger partial charge in [-0.1, -0.05) is 12.1 Å². The van der Waals surface area contributed by atoms with Crippen molar-refractivity contribution in [2.24, 2.45) is 0 Å². The number of nitrogens with one attached hydrogen (secondary N) is 2. The molecule has 1 aliphatic rings. The lowest BCUT2D eigenvalue weighted by molar-refractivity contribution is 0.455. The van der Waals surface area contributed by atoms with Crippen LogP contribution in [0, 0.1) is 5.82 Å². The maximum absolute atomic E-state index is 13.6. The van der Waals surface area contributed by atoms with E-state index in [-0.39, 0.29) is 5.82 Å². The third kappa shape index (κ3) is 3.46. The highest BCUT2D eigenvalue weighted by Crippen LogP contribution is 2.33. The molecule has 0 unspecified atom stereocenters. The first-order valence-corrected chi connectivity index (χ1v) is 11.1. The Balaban J connectivity index is 1.40. The summed E-state index contributed by atoms with van der Waals surface area (Å²) in [4.78, 5) is 12.8. The molecule has 0 spiro atoms. The first kappa shape index (κ1) is 19.2. The zero-order valence-corrected chi connectivity index (χ0v) is 17.7. The van der Waals surface area contributed by atoms with Crippen LogP contribution in [-0.4, -0.2) is 32.6 Å². The summed E-state index contributed by atoms with van der Waals surface area (Å²) < 4.78 is 15.8. The predicted octanol–water partition coefficient (Wildman–Crippen LogP) is 5.23. The number of benzene rings is 1. The van der Waals surface area contributed by atoms with Gasteiger partial charge in [0.05, 0.1) is 11.0 Å². The molecule has 0 aliphatic carbocycles. The monoisotopic (exact) mass is 425 g/mol. The molecule has 6 rings (SSSR count). The van der Waals surface area contributed by atoms with Crippen LogP contribution in [0.2, 0.25) is 0 Å². The van der Waals surface area contributed by atoms with E-state index in [0.717, 1.165) is 64.7 Å². The van der Waals surface area contributed by atoms with Crippen LogP contribution in [0.5, 0.6) is 0 Å². The molecule has 1 fully saturated rings. The fourth-order valence-electron chi connectivity index (χ4n) is 4.83. The minimum atomic E-state index is -0.214. The predicted molar refractivity (Wildman–Crippen MR) is 125 cm³/mol. The van der Waals surface area contributed by atoms with E-state index in [0.29, 0.717) is 12.5 Å². The maximum atomic E-state index is 13.6. The quantitative estimate of drug-likeness (QED) is 0.414. The van der Waals surface area contributed by atoms with Crippen molar-refractivity contribution in [3.8, 4) is 11.1 Å². The van der Waals surface area contributed by atoms with Crippen LogP contribution in [0.3, 0.4) is 0 Å². The van der Waals surface area contributed by atoms with E-state index in [9.17, 15) is 4.39 Å². The summed E-state index contributed by atoms with van der Waals surface area (Å²) in [5, 5.41) is 4.56. The molecule has 5 aromatic rings. The summed E-state index contributed by atoms with van der Waals surface area (Å²) >= 11 is 0. The Morgan fingerprint density at radius 2 is 1.94 bits per heavy atom. The molecule has 5 heterocycles. The molecule has 6 heteroatoms. The SMILES string of the molecule is Fc1cccc(Cn2ccc3ncc(-c4ccnc5[nH]c(C6CCNCC6)cc45)cc32)c1. The minimum Gasteiger partial charge on any atom is -0.343 e. The first-order valence-electron chi connectivity index (χ1n) is 11.1. The molecule has 160 valence electrons. The Kier molecular flexibility index (Phi) is 4.72. The number of pyridine rings is 2. The molecule has 2 N–H and O–H groups in total. The van der Waals surface area contributed by atoms with Crippen molar-refractivity contribution < 1.29 is 4.39 Å². The summed E-state index contributed by atoms with van der Waals surface area (Å²) in [5.74, 6) is 0.330. The number of hydrogen-bond donors (Lipinski definition) is 2. The molecule has 4 aromatic heterocycles. The fraction of sp³-hybridized carbons (Fsp3) is 0.231. The van der Waals surface area contributed by atoms with Crippen LogP contribution in [0.4, 0.5) is 4.39 Å². The Morgan fingerprint density at radius 3 is 2.81 bits per heavy atom. The molecule has 5 nitrogen and oxygen atoms in total. The van der Waals surface area contributed by atoms with Gasteiger partial charge < -0.3 is 14.9 Å². The van der Waals surface area contributed by atoms with E-state index in [1.807, 2.05) is 30.7 Å². The Bertz CT molecular complexity index is 1410. The molecule has 0 bridgehead atoms. The van der Waals surface area contributed by atoms with E-state index < -0.39 is 0 Å². The van der Waals surface area contributed by atoms with Gasteiger partial charge in [-0.3, -0.25) is 4.98 Å². The van der Waals surface area contributed by atoms with Crippen LogP contribution in [0.15, 0.2) is 67.1 Å². The fourth-order valence-corrected chi connectivity index (χ4v) is 4.83. The van der Waals surface area contributed by atoms with E-state index in [4.69, 9.17) is 4.98 Å². The van der Waals surface area contributed by atoms with Crippen molar-refractivity contribution in [1.82, 2.24) is 24.8 Å². The Hall–Kier alpha value is -3.51. The van der Waals surface area contributed by atoms with Crippen molar-refractivity contribution in [2.75, 3.05) is 13.1 Å². The normalized spacial score (nSPS) is 15.0. The highest BCUT2D eigenvalue weighted by molar-refractivity contribution is 5.95. The number of halogens is 1. The van der Waals surface area contributed by atoms with Crippen molar-refractivity contribution in [3.63, 3.8) is 0 Å². The second-order valence-electron chi connectivity index (χ2n) is 8.57. The van der Waals surface area contributed by atoms with Gasteiger partial charge >= 0.3 is 0 Å². The lowest BCUT2D eigenvalue weighted by Crippen LogP contribution is -2.26.